The van der Waals surface area contributed by atoms with Gasteiger partial charge in [0, 0.05) is 6.66 Å². The van der Waals surface area contributed by atoms with Crippen LogP contribution in [0, 0.1) is 0 Å². The van der Waals surface area contributed by atoms with Crippen LogP contribution in [0.1, 0.15) is 5.56 Å². The number of rotatable bonds is 6. The van der Waals surface area contributed by atoms with Gasteiger partial charge in [-0.1, -0.05) is 30.3 Å². The van der Waals surface area contributed by atoms with Crippen molar-refractivity contribution in [1.29, 1.82) is 0 Å². The van der Waals surface area contributed by atoms with Crippen LogP contribution >= 0.6 is 7.37 Å². The summed E-state index contributed by atoms with van der Waals surface area (Å²) in [6, 6.07) is 9.10. The Morgan fingerprint density at radius 2 is 1.90 bits per heavy atom. The standard InChI is InChI=1S/C12H17N2O5P/c1-20(17,18)9-14-11(15)7-13-12(16)19-8-10-5-3-2-4-6-10/h2-6H,7-9H2,1H3,(H,13,16)(H,14,15)(H,17,18). The van der Waals surface area contributed by atoms with Gasteiger partial charge in [0.1, 0.15) is 13.2 Å². The zero-order valence-corrected chi connectivity index (χ0v) is 11.9. The van der Waals surface area contributed by atoms with Crippen LogP contribution in [0.15, 0.2) is 30.3 Å². The molecule has 110 valence electrons. The van der Waals surface area contributed by atoms with Crippen molar-refractivity contribution in [3.8, 4) is 0 Å². The predicted molar refractivity (Wildman–Crippen MR) is 73.4 cm³/mol. The predicted octanol–water partition coefficient (Wildman–Crippen LogP) is 0.887. The van der Waals surface area contributed by atoms with E-state index in [1.54, 1.807) is 12.1 Å². The number of nitrogens with one attached hydrogen (secondary N) is 2. The van der Waals surface area contributed by atoms with Gasteiger partial charge in [-0.2, -0.15) is 0 Å². The third-order valence-electron chi connectivity index (χ3n) is 2.18. The Bertz CT molecular complexity index is 500. The zero-order valence-electron chi connectivity index (χ0n) is 11.0. The quantitative estimate of drug-likeness (QED) is 0.677. The van der Waals surface area contributed by atoms with Crippen LogP contribution in [0.25, 0.3) is 0 Å². The molecule has 0 bridgehead atoms. The highest BCUT2D eigenvalue weighted by Crippen LogP contribution is 2.32. The molecule has 0 saturated heterocycles. The first-order valence-electron chi connectivity index (χ1n) is 5.87. The maximum absolute atomic E-state index is 11.3. The molecule has 0 aliphatic heterocycles. The monoisotopic (exact) mass is 300 g/mol. The molecule has 0 spiro atoms. The molecule has 1 aromatic rings. The van der Waals surface area contributed by atoms with E-state index >= 15 is 0 Å². The van der Waals surface area contributed by atoms with Gasteiger partial charge in [0.15, 0.2) is 0 Å². The molecule has 0 aliphatic carbocycles. The van der Waals surface area contributed by atoms with Crippen molar-refractivity contribution in [3.63, 3.8) is 0 Å². The molecular weight excluding hydrogens is 283 g/mol. The minimum Gasteiger partial charge on any atom is -0.445 e. The lowest BCUT2D eigenvalue weighted by atomic mass is 10.2. The van der Waals surface area contributed by atoms with E-state index in [0.29, 0.717) is 0 Å². The van der Waals surface area contributed by atoms with Crippen molar-refractivity contribution in [3.05, 3.63) is 35.9 Å². The summed E-state index contributed by atoms with van der Waals surface area (Å²) in [6.07, 6.45) is -1.06. The Morgan fingerprint density at radius 1 is 1.25 bits per heavy atom. The van der Waals surface area contributed by atoms with Crippen molar-refractivity contribution < 1.29 is 23.8 Å². The Hall–Kier alpha value is -1.85. The number of alkyl carbamates (subject to hydrolysis) is 1. The number of hydrogen-bond donors (Lipinski definition) is 3. The smallest absolute Gasteiger partial charge is 0.407 e. The van der Waals surface area contributed by atoms with Gasteiger partial charge in [0.25, 0.3) is 0 Å². The number of carbonyl (C=O) groups excluding carboxylic acids is 2. The van der Waals surface area contributed by atoms with E-state index in [9.17, 15) is 14.2 Å². The third kappa shape index (κ3) is 7.56. The summed E-state index contributed by atoms with van der Waals surface area (Å²) >= 11 is 0. The van der Waals surface area contributed by atoms with Gasteiger partial charge >= 0.3 is 6.09 Å². The molecule has 0 fully saturated rings. The van der Waals surface area contributed by atoms with Crippen molar-refractivity contribution in [2.45, 2.75) is 6.61 Å². The molecular formula is C12H17N2O5P. The minimum atomic E-state index is -3.30. The van der Waals surface area contributed by atoms with Crippen molar-refractivity contribution in [1.82, 2.24) is 10.6 Å². The molecule has 1 rings (SSSR count). The molecule has 0 aromatic heterocycles. The van der Waals surface area contributed by atoms with Crippen molar-refractivity contribution in [2.75, 3.05) is 19.5 Å². The second-order valence-corrected chi connectivity index (χ2v) is 6.64. The van der Waals surface area contributed by atoms with Gasteiger partial charge in [-0.15, -0.1) is 0 Å². The van der Waals surface area contributed by atoms with Crippen LogP contribution in [-0.4, -0.2) is 36.4 Å². The van der Waals surface area contributed by atoms with Gasteiger partial charge in [0.2, 0.25) is 13.3 Å². The van der Waals surface area contributed by atoms with E-state index in [1.807, 2.05) is 18.2 Å². The maximum Gasteiger partial charge on any atom is 0.407 e. The number of carbonyl (C=O) groups is 2. The lowest BCUT2D eigenvalue weighted by Crippen LogP contribution is -2.37. The zero-order chi connectivity index (χ0) is 15.0. The molecule has 20 heavy (non-hydrogen) atoms. The van der Waals surface area contributed by atoms with E-state index in [4.69, 9.17) is 9.63 Å². The molecule has 2 amide bonds. The normalized spacial score (nSPS) is 13.1. The molecule has 0 heterocycles. The summed E-state index contributed by atoms with van der Waals surface area (Å²) in [5.74, 6) is -0.558. The third-order valence-corrected chi connectivity index (χ3v) is 2.92. The van der Waals surface area contributed by atoms with Crippen molar-refractivity contribution >= 4 is 19.4 Å². The van der Waals surface area contributed by atoms with Gasteiger partial charge in [-0.25, -0.2) is 4.79 Å². The first-order chi connectivity index (χ1) is 9.37. The fraction of sp³-hybridized carbons (Fsp3) is 0.333. The largest absolute Gasteiger partial charge is 0.445 e. The summed E-state index contributed by atoms with van der Waals surface area (Å²) in [6.45, 7) is 0.928. The van der Waals surface area contributed by atoms with Gasteiger partial charge in [-0.3, -0.25) is 9.36 Å². The topological polar surface area (TPSA) is 105 Å². The van der Waals surface area contributed by atoms with Crippen LogP contribution < -0.4 is 10.6 Å². The number of ether oxygens (including phenoxy) is 1. The Labute approximate surface area is 116 Å². The summed E-state index contributed by atoms with van der Waals surface area (Å²) in [4.78, 5) is 31.5. The van der Waals surface area contributed by atoms with Crippen LogP contribution in [0.5, 0.6) is 0 Å². The SMILES string of the molecule is CP(=O)(O)CNC(=O)CNC(=O)OCc1ccccc1. The maximum atomic E-state index is 11.3. The molecule has 8 heteroatoms. The Kier molecular flexibility index (Phi) is 6.21. The van der Waals surface area contributed by atoms with E-state index < -0.39 is 19.4 Å². The molecule has 1 atom stereocenters. The van der Waals surface area contributed by atoms with Crippen LogP contribution in [0.2, 0.25) is 0 Å². The highest BCUT2D eigenvalue weighted by molar-refractivity contribution is 7.57. The van der Waals surface area contributed by atoms with E-state index in [1.165, 1.54) is 0 Å². The highest BCUT2D eigenvalue weighted by Gasteiger charge is 2.12. The molecule has 0 radical (unpaired) electrons. The summed E-state index contributed by atoms with van der Waals surface area (Å²) in [5, 5.41) is 4.47. The van der Waals surface area contributed by atoms with E-state index in [0.717, 1.165) is 12.2 Å². The first-order valence-corrected chi connectivity index (χ1v) is 8.16. The van der Waals surface area contributed by atoms with Gasteiger partial charge < -0.3 is 20.3 Å². The second kappa shape index (κ2) is 7.67. The average molecular weight is 300 g/mol. The highest BCUT2D eigenvalue weighted by atomic mass is 31.2. The van der Waals surface area contributed by atoms with Crippen LogP contribution in [-0.2, 0) is 20.7 Å². The number of benzene rings is 1. The van der Waals surface area contributed by atoms with Crippen LogP contribution in [0.3, 0.4) is 0 Å². The average Bonchev–Trinajstić information content (AvgIpc) is 2.41. The van der Waals surface area contributed by atoms with E-state index in [-0.39, 0.29) is 19.4 Å². The second-order valence-electron chi connectivity index (χ2n) is 4.22. The summed E-state index contributed by atoms with van der Waals surface area (Å²) in [5.41, 5.74) is 0.833. The summed E-state index contributed by atoms with van der Waals surface area (Å²) < 4.78 is 15.8. The lowest BCUT2D eigenvalue weighted by Gasteiger charge is -2.09. The number of amides is 2. The van der Waals surface area contributed by atoms with Crippen LogP contribution in [0.4, 0.5) is 4.79 Å². The molecule has 1 aromatic carbocycles. The van der Waals surface area contributed by atoms with Gasteiger partial charge in [-0.05, 0) is 5.56 Å². The van der Waals surface area contributed by atoms with E-state index in [2.05, 4.69) is 10.6 Å². The molecule has 0 saturated carbocycles. The molecule has 1 unspecified atom stereocenters. The number of hydrogen-bond acceptors (Lipinski definition) is 4. The van der Waals surface area contributed by atoms with Crippen molar-refractivity contribution in [2.24, 2.45) is 0 Å². The molecule has 3 N–H and O–H groups in total. The molecule has 0 aliphatic rings. The molecule has 7 nitrogen and oxygen atoms in total. The Balaban J connectivity index is 2.20. The summed E-state index contributed by atoms with van der Waals surface area (Å²) in [7, 11) is -3.30. The fourth-order valence-corrected chi connectivity index (χ4v) is 1.69. The van der Waals surface area contributed by atoms with Gasteiger partial charge in [0.05, 0.1) is 6.29 Å². The lowest BCUT2D eigenvalue weighted by molar-refractivity contribution is -0.119. The minimum absolute atomic E-state index is 0.106. The fourth-order valence-electron chi connectivity index (χ4n) is 1.22. The Morgan fingerprint density at radius 3 is 2.50 bits per heavy atom. The first kappa shape index (κ1) is 16.2.